The summed E-state index contributed by atoms with van der Waals surface area (Å²) in [5.41, 5.74) is 4.35. The summed E-state index contributed by atoms with van der Waals surface area (Å²) in [4.78, 5) is 18.1. The molecule has 0 radical (unpaired) electrons. The second-order valence-corrected chi connectivity index (χ2v) is 8.25. The van der Waals surface area contributed by atoms with E-state index in [0.29, 0.717) is 25.7 Å². The van der Waals surface area contributed by atoms with Crippen LogP contribution >= 0.6 is 0 Å². The van der Waals surface area contributed by atoms with Gasteiger partial charge in [0, 0.05) is 25.2 Å². The molecule has 1 unspecified atom stereocenters. The molecule has 1 aliphatic rings. The number of hydrogen-bond donors (Lipinski definition) is 1. The van der Waals surface area contributed by atoms with Crippen molar-refractivity contribution in [1.82, 2.24) is 9.88 Å². The molecule has 0 saturated carbocycles. The van der Waals surface area contributed by atoms with Gasteiger partial charge >= 0.3 is 6.18 Å². The molecule has 7 heteroatoms. The van der Waals surface area contributed by atoms with Crippen LogP contribution < -0.4 is 0 Å². The molecule has 2 heterocycles. The number of alkyl halides is 3. The molecule has 1 N–H and O–H groups in total. The topological polar surface area (TPSA) is 53.4 Å². The van der Waals surface area contributed by atoms with E-state index < -0.39 is 11.7 Å². The third kappa shape index (κ3) is 4.78. The van der Waals surface area contributed by atoms with Gasteiger partial charge in [-0.25, -0.2) is 0 Å². The number of carbonyl (C=O) groups excluding carboxylic acids is 1. The molecule has 3 aromatic rings. The van der Waals surface area contributed by atoms with Crippen molar-refractivity contribution in [3.63, 3.8) is 0 Å². The first kappa shape index (κ1) is 23.0. The van der Waals surface area contributed by atoms with Gasteiger partial charge in [-0.15, -0.1) is 0 Å². The molecular formula is C26H25F3N2O2. The second-order valence-electron chi connectivity index (χ2n) is 8.25. The molecule has 4 nitrogen and oxygen atoms in total. The maximum absolute atomic E-state index is 12.8. The van der Waals surface area contributed by atoms with E-state index in [4.69, 9.17) is 0 Å². The number of pyridine rings is 1. The van der Waals surface area contributed by atoms with Gasteiger partial charge in [-0.3, -0.25) is 9.78 Å². The van der Waals surface area contributed by atoms with Crippen molar-refractivity contribution >= 4 is 5.91 Å². The van der Waals surface area contributed by atoms with Crippen LogP contribution in [0.15, 0.2) is 60.8 Å². The smallest absolute Gasteiger partial charge is 0.392 e. The Kier molecular flexibility index (Phi) is 6.51. The third-order valence-corrected chi connectivity index (χ3v) is 6.25. The van der Waals surface area contributed by atoms with Crippen molar-refractivity contribution in [2.75, 3.05) is 13.1 Å². The molecule has 33 heavy (non-hydrogen) atoms. The van der Waals surface area contributed by atoms with Gasteiger partial charge in [0.2, 0.25) is 0 Å². The average Bonchev–Trinajstić information content (AvgIpc) is 3.32. The number of rotatable bonds is 5. The lowest BCUT2D eigenvalue weighted by Crippen LogP contribution is -2.29. The van der Waals surface area contributed by atoms with E-state index in [1.807, 2.05) is 30.3 Å². The fourth-order valence-corrected chi connectivity index (χ4v) is 4.47. The standard InChI is InChI=1S/C26H25F3N2O2/c1-2-17-5-3-4-6-22(17)18-7-9-23(20(13-18)16-32)19-11-12-31(15-19)25(33)24-10-8-21(14-30-24)26(27,28)29/h3-10,13-14,19,32H,2,11-12,15-16H2,1H3. The number of nitrogens with zero attached hydrogens (tertiary/aromatic N) is 2. The highest BCUT2D eigenvalue weighted by molar-refractivity contribution is 5.92. The largest absolute Gasteiger partial charge is 0.417 e. The highest BCUT2D eigenvalue weighted by atomic mass is 19.4. The van der Waals surface area contributed by atoms with E-state index in [1.54, 1.807) is 4.90 Å². The van der Waals surface area contributed by atoms with Gasteiger partial charge in [0.05, 0.1) is 12.2 Å². The van der Waals surface area contributed by atoms with Crippen LogP contribution in [0.5, 0.6) is 0 Å². The molecular weight excluding hydrogens is 429 g/mol. The maximum Gasteiger partial charge on any atom is 0.417 e. The molecule has 1 atom stereocenters. The van der Waals surface area contributed by atoms with E-state index in [0.717, 1.165) is 40.8 Å². The summed E-state index contributed by atoms with van der Waals surface area (Å²) in [5.74, 6) is -0.341. The first-order valence-electron chi connectivity index (χ1n) is 11.0. The quantitative estimate of drug-likeness (QED) is 0.558. The normalized spacial score (nSPS) is 16.3. The number of halogens is 3. The van der Waals surface area contributed by atoms with Crippen molar-refractivity contribution in [2.45, 2.75) is 38.5 Å². The number of benzene rings is 2. The predicted octanol–water partition coefficient (Wildman–Crippen LogP) is 5.45. The van der Waals surface area contributed by atoms with E-state index in [1.165, 1.54) is 5.56 Å². The lowest BCUT2D eigenvalue weighted by molar-refractivity contribution is -0.137. The summed E-state index contributed by atoms with van der Waals surface area (Å²) < 4.78 is 38.3. The Labute approximate surface area is 190 Å². The zero-order valence-corrected chi connectivity index (χ0v) is 18.3. The molecule has 0 aliphatic carbocycles. The first-order valence-corrected chi connectivity index (χ1v) is 11.0. The van der Waals surface area contributed by atoms with E-state index in [9.17, 15) is 23.1 Å². The fraction of sp³-hybridized carbons (Fsp3) is 0.308. The van der Waals surface area contributed by atoms with Gasteiger partial charge in [-0.05, 0) is 58.9 Å². The Bertz CT molecular complexity index is 1140. The molecule has 1 aromatic heterocycles. The van der Waals surface area contributed by atoms with Crippen molar-refractivity contribution in [3.8, 4) is 11.1 Å². The predicted molar refractivity (Wildman–Crippen MR) is 120 cm³/mol. The number of amides is 1. The number of carbonyl (C=O) groups is 1. The van der Waals surface area contributed by atoms with Gasteiger partial charge in [-0.1, -0.05) is 43.3 Å². The van der Waals surface area contributed by atoms with Crippen LogP contribution in [0, 0.1) is 0 Å². The Balaban J connectivity index is 1.52. The Morgan fingerprint density at radius 1 is 1.12 bits per heavy atom. The number of aromatic nitrogens is 1. The number of aliphatic hydroxyl groups excluding tert-OH is 1. The Morgan fingerprint density at radius 3 is 2.58 bits per heavy atom. The maximum atomic E-state index is 12.8. The van der Waals surface area contributed by atoms with Crippen LogP contribution in [0.3, 0.4) is 0 Å². The molecule has 1 fully saturated rings. The van der Waals surface area contributed by atoms with Crippen LogP contribution in [-0.4, -0.2) is 34.0 Å². The van der Waals surface area contributed by atoms with Crippen LogP contribution in [0.2, 0.25) is 0 Å². The van der Waals surface area contributed by atoms with Gasteiger partial charge < -0.3 is 10.0 Å². The summed E-state index contributed by atoms with van der Waals surface area (Å²) in [6, 6.07) is 16.2. The van der Waals surface area contributed by atoms with Crippen LogP contribution in [0.1, 0.15) is 52.0 Å². The number of aryl methyl sites for hydroxylation is 1. The van der Waals surface area contributed by atoms with Crippen LogP contribution in [0.25, 0.3) is 11.1 Å². The minimum atomic E-state index is -4.49. The lowest BCUT2D eigenvalue weighted by atomic mass is 9.89. The third-order valence-electron chi connectivity index (χ3n) is 6.25. The molecule has 0 spiro atoms. The van der Waals surface area contributed by atoms with E-state index in [-0.39, 0.29) is 24.1 Å². The number of likely N-dealkylation sites (tertiary alicyclic amines) is 1. The van der Waals surface area contributed by atoms with Gasteiger partial charge in [-0.2, -0.15) is 13.2 Å². The SMILES string of the molecule is CCc1ccccc1-c1ccc(C2CCN(C(=O)c3ccc(C(F)(F)F)cn3)C2)c(CO)c1. The summed E-state index contributed by atoms with van der Waals surface area (Å²) in [5, 5.41) is 10.0. The monoisotopic (exact) mass is 454 g/mol. The summed E-state index contributed by atoms with van der Waals surface area (Å²) in [7, 11) is 0. The van der Waals surface area contributed by atoms with Crippen molar-refractivity contribution < 1.29 is 23.1 Å². The fourth-order valence-electron chi connectivity index (χ4n) is 4.47. The number of aliphatic hydroxyl groups is 1. The Morgan fingerprint density at radius 2 is 1.91 bits per heavy atom. The van der Waals surface area contributed by atoms with Gasteiger partial charge in [0.25, 0.3) is 5.91 Å². The van der Waals surface area contributed by atoms with E-state index >= 15 is 0 Å². The highest BCUT2D eigenvalue weighted by Crippen LogP contribution is 2.34. The molecule has 1 saturated heterocycles. The minimum Gasteiger partial charge on any atom is -0.392 e. The molecule has 4 rings (SSSR count). The van der Waals surface area contributed by atoms with Gasteiger partial charge in [0.1, 0.15) is 5.69 Å². The molecule has 1 aliphatic heterocycles. The summed E-state index contributed by atoms with van der Waals surface area (Å²) in [6.07, 6.45) is -2.18. The molecule has 0 bridgehead atoms. The summed E-state index contributed by atoms with van der Waals surface area (Å²) in [6.45, 7) is 2.91. The minimum absolute atomic E-state index is 0.00227. The second kappa shape index (κ2) is 9.35. The molecule has 1 amide bonds. The zero-order valence-electron chi connectivity index (χ0n) is 18.3. The first-order chi connectivity index (χ1) is 15.8. The highest BCUT2D eigenvalue weighted by Gasteiger charge is 2.33. The van der Waals surface area contributed by atoms with Crippen LogP contribution in [-0.2, 0) is 19.2 Å². The van der Waals surface area contributed by atoms with E-state index in [2.05, 4.69) is 24.0 Å². The number of hydrogen-bond acceptors (Lipinski definition) is 3. The average molecular weight is 454 g/mol. The van der Waals surface area contributed by atoms with Crippen molar-refractivity contribution in [2.24, 2.45) is 0 Å². The van der Waals surface area contributed by atoms with Crippen molar-refractivity contribution in [3.05, 3.63) is 88.7 Å². The molecule has 172 valence electrons. The summed E-state index contributed by atoms with van der Waals surface area (Å²) >= 11 is 0. The Hall–Kier alpha value is -3.19. The van der Waals surface area contributed by atoms with Gasteiger partial charge in [0.15, 0.2) is 0 Å². The van der Waals surface area contributed by atoms with Crippen molar-refractivity contribution in [1.29, 1.82) is 0 Å². The lowest BCUT2D eigenvalue weighted by Gasteiger charge is -2.19. The van der Waals surface area contributed by atoms with Crippen LogP contribution in [0.4, 0.5) is 13.2 Å². The molecule has 2 aromatic carbocycles. The zero-order chi connectivity index (χ0) is 23.6.